The van der Waals surface area contributed by atoms with Crippen LogP contribution in [0.25, 0.3) is 11.5 Å². The first kappa shape index (κ1) is 21.5. The number of nitro groups is 1. The maximum atomic E-state index is 12.6. The summed E-state index contributed by atoms with van der Waals surface area (Å²) in [6.07, 6.45) is 1.41. The Bertz CT molecular complexity index is 1120. The minimum atomic E-state index is -3.82. The van der Waals surface area contributed by atoms with Gasteiger partial charge in [-0.1, -0.05) is 32.0 Å². The number of aromatic nitrogens is 1. The fourth-order valence-electron chi connectivity index (χ4n) is 2.87. The van der Waals surface area contributed by atoms with Gasteiger partial charge in [0.1, 0.15) is 18.6 Å². The first-order valence-corrected chi connectivity index (χ1v) is 10.7. The molecule has 3 aromatic rings. The topological polar surface area (TPSA) is 116 Å². The normalized spacial score (nSPS) is 11.6. The monoisotopic (exact) mass is 431 g/mol. The second-order valence-corrected chi connectivity index (χ2v) is 8.21. The van der Waals surface area contributed by atoms with Gasteiger partial charge in [-0.3, -0.25) is 10.1 Å². The van der Waals surface area contributed by atoms with E-state index in [1.165, 1.54) is 22.7 Å². The molecule has 3 rings (SSSR count). The van der Waals surface area contributed by atoms with Crippen molar-refractivity contribution in [3.05, 3.63) is 70.6 Å². The van der Waals surface area contributed by atoms with E-state index in [1.807, 2.05) is 30.3 Å². The van der Waals surface area contributed by atoms with Crippen LogP contribution in [0, 0.1) is 10.1 Å². The molecule has 0 aliphatic carbocycles. The summed E-state index contributed by atoms with van der Waals surface area (Å²) in [6, 6.07) is 12.9. The molecule has 0 amide bonds. The summed E-state index contributed by atoms with van der Waals surface area (Å²) in [7, 11) is -3.82. The van der Waals surface area contributed by atoms with Crippen molar-refractivity contribution in [3.8, 4) is 17.2 Å². The van der Waals surface area contributed by atoms with E-state index in [-0.39, 0.29) is 30.3 Å². The Balaban J connectivity index is 1.82. The lowest BCUT2D eigenvalue weighted by Crippen LogP contribution is -2.30. The number of oxazole rings is 1. The molecule has 0 aliphatic heterocycles. The van der Waals surface area contributed by atoms with Crippen molar-refractivity contribution in [1.29, 1.82) is 0 Å². The summed E-state index contributed by atoms with van der Waals surface area (Å²) in [6.45, 7) is 3.87. The molecular formula is C20H21N3O6S. The number of benzene rings is 2. The van der Waals surface area contributed by atoms with E-state index >= 15 is 0 Å². The van der Waals surface area contributed by atoms with Gasteiger partial charge in [0.2, 0.25) is 15.9 Å². The lowest BCUT2D eigenvalue weighted by Gasteiger charge is -2.18. The molecule has 0 fully saturated rings. The summed E-state index contributed by atoms with van der Waals surface area (Å²) >= 11 is 0. The molecule has 0 spiro atoms. The van der Waals surface area contributed by atoms with Crippen molar-refractivity contribution in [2.24, 2.45) is 0 Å². The van der Waals surface area contributed by atoms with Crippen LogP contribution in [0.1, 0.15) is 19.5 Å². The summed E-state index contributed by atoms with van der Waals surface area (Å²) in [4.78, 5) is 15.0. The van der Waals surface area contributed by atoms with Gasteiger partial charge in [-0.05, 0) is 24.3 Å². The molecule has 0 radical (unpaired) electrons. The summed E-state index contributed by atoms with van der Waals surface area (Å²) < 4.78 is 37.5. The number of hydrogen-bond acceptors (Lipinski definition) is 7. The number of sulfonamides is 1. The van der Waals surface area contributed by atoms with Crippen LogP contribution in [0.3, 0.4) is 0 Å². The summed E-state index contributed by atoms with van der Waals surface area (Å²) in [5.41, 5.74) is 0.804. The van der Waals surface area contributed by atoms with E-state index in [1.54, 1.807) is 13.8 Å². The zero-order chi connectivity index (χ0) is 21.7. The highest BCUT2D eigenvalue weighted by Crippen LogP contribution is 2.31. The molecule has 0 N–H and O–H groups in total. The van der Waals surface area contributed by atoms with Crippen LogP contribution in [0.15, 0.2) is 64.1 Å². The number of ether oxygens (including phenoxy) is 1. The number of nitro benzene ring substituents is 1. The van der Waals surface area contributed by atoms with E-state index in [0.29, 0.717) is 11.6 Å². The minimum Gasteiger partial charge on any atom is -0.480 e. The van der Waals surface area contributed by atoms with Crippen molar-refractivity contribution in [1.82, 2.24) is 9.29 Å². The third-order valence-electron chi connectivity index (χ3n) is 4.42. The van der Waals surface area contributed by atoms with Gasteiger partial charge >= 0.3 is 5.69 Å². The van der Waals surface area contributed by atoms with Gasteiger partial charge < -0.3 is 9.15 Å². The zero-order valence-electron chi connectivity index (χ0n) is 16.5. The Kier molecular flexibility index (Phi) is 6.48. The second kappa shape index (κ2) is 9.06. The fourth-order valence-corrected chi connectivity index (χ4v) is 4.35. The van der Waals surface area contributed by atoms with Crippen molar-refractivity contribution in [3.63, 3.8) is 0 Å². The molecule has 0 bridgehead atoms. The van der Waals surface area contributed by atoms with Crippen molar-refractivity contribution >= 4 is 15.7 Å². The fraction of sp³-hybridized carbons (Fsp3) is 0.250. The molecule has 0 atom stereocenters. The van der Waals surface area contributed by atoms with E-state index in [2.05, 4.69) is 4.98 Å². The van der Waals surface area contributed by atoms with Crippen LogP contribution >= 0.6 is 0 Å². The Morgan fingerprint density at radius 2 is 1.83 bits per heavy atom. The Morgan fingerprint density at radius 3 is 2.47 bits per heavy atom. The predicted molar refractivity (Wildman–Crippen MR) is 109 cm³/mol. The standard InChI is InChI=1S/C20H21N3O6S/c1-3-22(4-2)30(26,27)17-10-11-19(18(12-17)23(24)25)28-13-16-14-29-20(21-16)15-8-6-5-7-9-15/h5-12,14H,3-4,13H2,1-2H3. The SMILES string of the molecule is CCN(CC)S(=O)(=O)c1ccc(OCc2coc(-c3ccccc3)n2)c([N+](=O)[O-])c1. The Labute approximate surface area is 174 Å². The quantitative estimate of drug-likeness (QED) is 0.373. The maximum Gasteiger partial charge on any atom is 0.312 e. The molecule has 1 aromatic heterocycles. The molecule has 10 heteroatoms. The van der Waals surface area contributed by atoms with Gasteiger partial charge in [0.05, 0.1) is 9.82 Å². The highest BCUT2D eigenvalue weighted by molar-refractivity contribution is 7.89. The molecule has 2 aromatic carbocycles. The highest BCUT2D eigenvalue weighted by Gasteiger charge is 2.26. The minimum absolute atomic E-state index is 0.0530. The number of nitrogens with zero attached hydrogens (tertiary/aromatic N) is 3. The van der Waals surface area contributed by atoms with Gasteiger partial charge in [-0.25, -0.2) is 13.4 Å². The smallest absolute Gasteiger partial charge is 0.312 e. The van der Waals surface area contributed by atoms with E-state index in [4.69, 9.17) is 9.15 Å². The van der Waals surface area contributed by atoms with Crippen LogP contribution in [0.2, 0.25) is 0 Å². The van der Waals surface area contributed by atoms with E-state index in [9.17, 15) is 18.5 Å². The third-order valence-corrected chi connectivity index (χ3v) is 6.46. The lowest BCUT2D eigenvalue weighted by molar-refractivity contribution is -0.386. The van der Waals surface area contributed by atoms with Crippen molar-refractivity contribution in [2.75, 3.05) is 13.1 Å². The molecule has 30 heavy (non-hydrogen) atoms. The van der Waals surface area contributed by atoms with Gasteiger partial charge in [0, 0.05) is 24.7 Å². The molecule has 0 saturated carbocycles. The number of rotatable bonds is 9. The average molecular weight is 431 g/mol. The van der Waals surface area contributed by atoms with Gasteiger partial charge in [0.15, 0.2) is 5.75 Å². The second-order valence-electron chi connectivity index (χ2n) is 6.27. The van der Waals surface area contributed by atoms with Gasteiger partial charge in [-0.15, -0.1) is 0 Å². The van der Waals surface area contributed by atoms with Crippen LogP contribution in [-0.4, -0.2) is 35.7 Å². The zero-order valence-corrected chi connectivity index (χ0v) is 17.3. The Morgan fingerprint density at radius 1 is 1.13 bits per heavy atom. The first-order valence-electron chi connectivity index (χ1n) is 9.28. The van der Waals surface area contributed by atoms with Crippen molar-refractivity contribution < 1.29 is 22.5 Å². The summed E-state index contributed by atoms with van der Waals surface area (Å²) in [5.74, 6) is 0.354. The van der Waals surface area contributed by atoms with E-state index < -0.39 is 20.6 Å². The third kappa shape index (κ3) is 4.50. The van der Waals surface area contributed by atoms with Crippen LogP contribution < -0.4 is 4.74 Å². The van der Waals surface area contributed by atoms with Gasteiger partial charge in [-0.2, -0.15) is 4.31 Å². The molecule has 158 valence electrons. The molecule has 9 nitrogen and oxygen atoms in total. The largest absolute Gasteiger partial charge is 0.480 e. The Hall–Kier alpha value is -3.24. The van der Waals surface area contributed by atoms with Gasteiger partial charge in [0.25, 0.3) is 0 Å². The van der Waals surface area contributed by atoms with Crippen LogP contribution in [-0.2, 0) is 16.6 Å². The van der Waals surface area contributed by atoms with Crippen molar-refractivity contribution in [2.45, 2.75) is 25.3 Å². The summed E-state index contributed by atoms with van der Waals surface area (Å²) in [5, 5.41) is 11.5. The van der Waals surface area contributed by atoms with Crippen LogP contribution in [0.4, 0.5) is 5.69 Å². The predicted octanol–water partition coefficient (Wildman–Crippen LogP) is 3.86. The molecular weight excluding hydrogens is 410 g/mol. The number of hydrogen-bond donors (Lipinski definition) is 0. The molecule has 0 aliphatic rings. The lowest BCUT2D eigenvalue weighted by atomic mass is 10.2. The van der Waals surface area contributed by atoms with E-state index in [0.717, 1.165) is 11.6 Å². The molecule has 1 heterocycles. The molecule has 0 saturated heterocycles. The van der Waals surface area contributed by atoms with Crippen LogP contribution in [0.5, 0.6) is 5.75 Å². The first-order chi connectivity index (χ1) is 14.4. The maximum absolute atomic E-state index is 12.6. The average Bonchev–Trinajstić information content (AvgIpc) is 3.22. The molecule has 0 unspecified atom stereocenters. The highest BCUT2D eigenvalue weighted by atomic mass is 32.2.